The monoisotopic (exact) mass is 354 g/mol. The molecule has 1 unspecified atom stereocenters. The zero-order chi connectivity index (χ0) is 18.1. The van der Waals surface area contributed by atoms with E-state index in [9.17, 15) is 0 Å². The van der Waals surface area contributed by atoms with E-state index in [1.165, 1.54) is 29.7 Å². The number of benzene rings is 2. The third-order valence-electron chi connectivity index (χ3n) is 5.45. The highest BCUT2D eigenvalue weighted by Crippen LogP contribution is 2.29. The SMILES string of the molecule is c1ccc(-c2ccc(-c3cnn4c(C5CCCNC5)ccnc34)cc2)cc1. The van der Waals surface area contributed by atoms with Crippen LogP contribution in [0.4, 0.5) is 0 Å². The van der Waals surface area contributed by atoms with E-state index >= 15 is 0 Å². The van der Waals surface area contributed by atoms with Gasteiger partial charge in [-0.15, -0.1) is 0 Å². The van der Waals surface area contributed by atoms with Crippen LogP contribution in [-0.4, -0.2) is 27.7 Å². The Morgan fingerprint density at radius 3 is 2.44 bits per heavy atom. The van der Waals surface area contributed by atoms with Crippen molar-refractivity contribution < 1.29 is 0 Å². The highest BCUT2D eigenvalue weighted by molar-refractivity contribution is 5.79. The minimum Gasteiger partial charge on any atom is -0.316 e. The van der Waals surface area contributed by atoms with Crippen molar-refractivity contribution in [1.82, 2.24) is 19.9 Å². The van der Waals surface area contributed by atoms with Crippen LogP contribution in [0.15, 0.2) is 73.1 Å². The maximum absolute atomic E-state index is 4.68. The number of rotatable bonds is 3. The summed E-state index contributed by atoms with van der Waals surface area (Å²) < 4.78 is 2.03. The van der Waals surface area contributed by atoms with Crippen molar-refractivity contribution in [1.29, 1.82) is 0 Å². The molecule has 4 heteroatoms. The van der Waals surface area contributed by atoms with Gasteiger partial charge < -0.3 is 5.32 Å². The fourth-order valence-electron chi connectivity index (χ4n) is 4.00. The molecule has 1 saturated heterocycles. The van der Waals surface area contributed by atoms with E-state index in [0.717, 1.165) is 29.9 Å². The van der Waals surface area contributed by atoms with Crippen molar-refractivity contribution >= 4 is 5.65 Å². The van der Waals surface area contributed by atoms with Crippen molar-refractivity contribution in [2.75, 3.05) is 13.1 Å². The van der Waals surface area contributed by atoms with Crippen molar-refractivity contribution in [3.05, 3.63) is 78.8 Å². The number of nitrogens with zero attached hydrogens (tertiary/aromatic N) is 3. The average Bonchev–Trinajstić information content (AvgIpc) is 3.19. The van der Waals surface area contributed by atoms with Crippen LogP contribution in [0.3, 0.4) is 0 Å². The second-order valence-corrected chi connectivity index (χ2v) is 7.15. The van der Waals surface area contributed by atoms with Crippen LogP contribution >= 0.6 is 0 Å². The largest absolute Gasteiger partial charge is 0.316 e. The normalized spacial score (nSPS) is 17.3. The van der Waals surface area contributed by atoms with Gasteiger partial charge in [0.2, 0.25) is 0 Å². The van der Waals surface area contributed by atoms with Gasteiger partial charge in [-0.3, -0.25) is 0 Å². The molecule has 0 spiro atoms. The maximum atomic E-state index is 4.68. The minimum absolute atomic E-state index is 0.498. The second-order valence-electron chi connectivity index (χ2n) is 7.15. The minimum atomic E-state index is 0.498. The first-order valence-corrected chi connectivity index (χ1v) is 9.59. The average molecular weight is 354 g/mol. The van der Waals surface area contributed by atoms with E-state index in [1.807, 2.05) is 23.0 Å². The summed E-state index contributed by atoms with van der Waals surface area (Å²) in [5.41, 5.74) is 6.87. The van der Waals surface area contributed by atoms with E-state index in [1.54, 1.807) is 0 Å². The van der Waals surface area contributed by atoms with Crippen molar-refractivity contribution in [2.45, 2.75) is 18.8 Å². The van der Waals surface area contributed by atoms with Crippen LogP contribution in [0.1, 0.15) is 24.5 Å². The standard InChI is InChI=1S/C23H22N4/c1-2-5-17(6-3-1)18-8-10-19(11-9-18)21-16-26-27-22(12-14-25-23(21)27)20-7-4-13-24-15-20/h1-3,5-6,8-12,14,16,20,24H,4,7,13,15H2. The zero-order valence-corrected chi connectivity index (χ0v) is 15.2. The molecule has 1 N–H and O–H groups in total. The molecule has 1 atom stereocenters. The van der Waals surface area contributed by atoms with Gasteiger partial charge in [-0.1, -0.05) is 54.6 Å². The lowest BCUT2D eigenvalue weighted by molar-refractivity contribution is 0.448. The van der Waals surface area contributed by atoms with E-state index < -0.39 is 0 Å². The van der Waals surface area contributed by atoms with Crippen LogP contribution in [0.25, 0.3) is 27.9 Å². The Morgan fingerprint density at radius 2 is 1.67 bits per heavy atom. The van der Waals surface area contributed by atoms with Gasteiger partial charge in [0.25, 0.3) is 0 Å². The molecule has 0 saturated carbocycles. The summed E-state index contributed by atoms with van der Waals surface area (Å²) in [6, 6.07) is 21.2. The van der Waals surface area contributed by atoms with Gasteiger partial charge in [0, 0.05) is 24.2 Å². The van der Waals surface area contributed by atoms with E-state index in [2.05, 4.69) is 70.0 Å². The Bertz CT molecular complexity index is 1040. The lowest BCUT2D eigenvalue weighted by Gasteiger charge is -2.23. The van der Waals surface area contributed by atoms with Crippen molar-refractivity contribution in [3.8, 4) is 22.3 Å². The Balaban J connectivity index is 1.52. The predicted molar refractivity (Wildman–Crippen MR) is 109 cm³/mol. The van der Waals surface area contributed by atoms with Gasteiger partial charge in [0.05, 0.1) is 11.9 Å². The third kappa shape index (κ3) is 3.02. The maximum Gasteiger partial charge on any atom is 0.163 e. The number of aromatic nitrogens is 3. The Hall–Kier alpha value is -2.98. The molecule has 0 aliphatic carbocycles. The summed E-state index contributed by atoms with van der Waals surface area (Å²) in [4.78, 5) is 4.63. The molecular weight excluding hydrogens is 332 g/mol. The highest BCUT2D eigenvalue weighted by atomic mass is 15.3. The lowest BCUT2D eigenvalue weighted by atomic mass is 9.96. The van der Waals surface area contributed by atoms with Gasteiger partial charge in [0.15, 0.2) is 5.65 Å². The van der Waals surface area contributed by atoms with Crippen molar-refractivity contribution in [3.63, 3.8) is 0 Å². The van der Waals surface area contributed by atoms with Crippen LogP contribution in [0.5, 0.6) is 0 Å². The number of hydrogen-bond donors (Lipinski definition) is 1. The van der Waals surface area contributed by atoms with Gasteiger partial charge in [-0.05, 0) is 42.1 Å². The predicted octanol–water partition coefficient (Wildman–Crippen LogP) is 4.53. The molecule has 27 heavy (non-hydrogen) atoms. The fraction of sp³-hybridized carbons (Fsp3) is 0.217. The smallest absolute Gasteiger partial charge is 0.163 e. The van der Waals surface area contributed by atoms with E-state index in [-0.39, 0.29) is 0 Å². The quantitative estimate of drug-likeness (QED) is 0.588. The van der Waals surface area contributed by atoms with Gasteiger partial charge >= 0.3 is 0 Å². The molecule has 1 aliphatic heterocycles. The van der Waals surface area contributed by atoms with Crippen molar-refractivity contribution in [2.24, 2.45) is 0 Å². The first kappa shape index (κ1) is 16.2. The molecular formula is C23H22N4. The van der Waals surface area contributed by atoms with E-state index in [4.69, 9.17) is 0 Å². The third-order valence-corrected chi connectivity index (χ3v) is 5.45. The van der Waals surface area contributed by atoms with Crippen LogP contribution < -0.4 is 5.32 Å². The second kappa shape index (κ2) is 6.97. The molecule has 134 valence electrons. The topological polar surface area (TPSA) is 42.2 Å². The Kier molecular flexibility index (Phi) is 4.18. The first-order chi connectivity index (χ1) is 13.4. The Morgan fingerprint density at radius 1 is 0.889 bits per heavy atom. The fourth-order valence-corrected chi connectivity index (χ4v) is 4.00. The molecule has 0 amide bonds. The molecule has 2 aromatic heterocycles. The number of nitrogens with one attached hydrogen (secondary N) is 1. The van der Waals surface area contributed by atoms with E-state index in [0.29, 0.717) is 5.92 Å². The van der Waals surface area contributed by atoms with Gasteiger partial charge in [-0.25, -0.2) is 9.50 Å². The summed E-state index contributed by atoms with van der Waals surface area (Å²) in [6.07, 6.45) is 6.28. The molecule has 2 aromatic carbocycles. The zero-order valence-electron chi connectivity index (χ0n) is 15.2. The lowest BCUT2D eigenvalue weighted by Crippen LogP contribution is -2.29. The van der Waals surface area contributed by atoms with Crippen LogP contribution in [0.2, 0.25) is 0 Å². The molecule has 1 aliphatic rings. The van der Waals surface area contributed by atoms with Gasteiger partial charge in [0.1, 0.15) is 0 Å². The summed E-state index contributed by atoms with van der Waals surface area (Å²) >= 11 is 0. The molecule has 4 aromatic rings. The molecule has 0 bridgehead atoms. The Labute approximate surface area is 158 Å². The van der Waals surface area contributed by atoms with Crippen LogP contribution in [0, 0.1) is 0 Å². The summed E-state index contributed by atoms with van der Waals surface area (Å²) in [5.74, 6) is 0.498. The summed E-state index contributed by atoms with van der Waals surface area (Å²) in [6.45, 7) is 2.13. The number of fused-ring (bicyclic) bond motifs is 1. The molecule has 4 nitrogen and oxygen atoms in total. The highest BCUT2D eigenvalue weighted by Gasteiger charge is 2.20. The molecule has 3 heterocycles. The number of hydrogen-bond acceptors (Lipinski definition) is 3. The number of piperidine rings is 1. The molecule has 5 rings (SSSR count). The van der Waals surface area contributed by atoms with Gasteiger partial charge in [-0.2, -0.15) is 5.10 Å². The summed E-state index contributed by atoms with van der Waals surface area (Å²) in [7, 11) is 0. The first-order valence-electron chi connectivity index (χ1n) is 9.59. The summed E-state index contributed by atoms with van der Waals surface area (Å²) in [5, 5.41) is 8.17. The molecule has 1 fully saturated rings. The van der Waals surface area contributed by atoms with Crippen LogP contribution in [-0.2, 0) is 0 Å². The molecule has 0 radical (unpaired) electrons.